The van der Waals surface area contributed by atoms with Crippen molar-refractivity contribution >= 4 is 34.1 Å². The monoisotopic (exact) mass is 1040 g/mol. The van der Waals surface area contributed by atoms with Crippen molar-refractivity contribution in [3.8, 4) is 44.5 Å². The molecule has 0 saturated heterocycles. The summed E-state index contributed by atoms with van der Waals surface area (Å²) in [4.78, 5) is 4.93. The number of anilines is 6. The van der Waals surface area contributed by atoms with Crippen LogP contribution in [0.5, 0.6) is 0 Å². The minimum atomic E-state index is -0.600. The third kappa shape index (κ3) is 7.79. The van der Waals surface area contributed by atoms with Gasteiger partial charge < -0.3 is 9.80 Å². The fourth-order valence-corrected chi connectivity index (χ4v) is 13.8. The minimum Gasteiger partial charge on any atom is -0.310 e. The van der Waals surface area contributed by atoms with Crippen molar-refractivity contribution in [1.82, 2.24) is 0 Å². The molecule has 0 saturated carbocycles. The highest BCUT2D eigenvalue weighted by Crippen LogP contribution is 2.59. The fraction of sp³-hybridized carbons (Fsp3) is 0.0250. The highest BCUT2D eigenvalue weighted by Gasteiger charge is 2.48. The summed E-state index contributed by atoms with van der Waals surface area (Å²) in [5.74, 6) is 0. The van der Waals surface area contributed by atoms with Crippen molar-refractivity contribution < 1.29 is 0 Å². The summed E-state index contributed by atoms with van der Waals surface area (Å²) >= 11 is 0. The molecule has 0 heterocycles. The second kappa shape index (κ2) is 20.3. The van der Waals surface area contributed by atoms with Crippen LogP contribution in [0.4, 0.5) is 34.1 Å². The number of fused-ring (bicyclic) bond motifs is 6. The van der Waals surface area contributed by atoms with Gasteiger partial charge in [0.05, 0.1) is 16.5 Å². The zero-order valence-electron chi connectivity index (χ0n) is 45.2. The summed E-state index contributed by atoms with van der Waals surface area (Å²) in [5.41, 5.74) is 24.8. The van der Waals surface area contributed by atoms with Crippen LogP contribution in [0.25, 0.3) is 44.5 Å². The van der Waals surface area contributed by atoms with Crippen molar-refractivity contribution in [3.63, 3.8) is 0 Å². The van der Waals surface area contributed by atoms with Gasteiger partial charge in [0.15, 0.2) is 0 Å². The third-order valence-corrected chi connectivity index (χ3v) is 17.2. The first-order chi connectivity index (χ1) is 40.7. The maximum atomic E-state index is 2.50. The van der Waals surface area contributed by atoms with Crippen LogP contribution in [0.15, 0.2) is 340 Å². The van der Waals surface area contributed by atoms with Crippen molar-refractivity contribution in [2.75, 3.05) is 9.80 Å². The van der Waals surface area contributed by atoms with E-state index in [1.165, 1.54) is 77.9 Å². The predicted octanol–water partition coefficient (Wildman–Crippen LogP) is 20.7. The Hall–Kier alpha value is -10.5. The summed E-state index contributed by atoms with van der Waals surface area (Å²) in [5, 5.41) is 0. The van der Waals surface area contributed by atoms with E-state index >= 15 is 0 Å². The molecule has 0 atom stereocenters. The molecule has 2 aliphatic carbocycles. The molecule has 2 aliphatic rings. The lowest BCUT2D eigenvalue weighted by atomic mass is 9.67. The molecule has 15 rings (SSSR count). The van der Waals surface area contributed by atoms with E-state index in [9.17, 15) is 0 Å². The third-order valence-electron chi connectivity index (χ3n) is 17.2. The standard InChI is InChI=1S/C80H56N2/c1-6-26-57(27-7-1)58-48-50-64(51-49-58)82(78-47-23-19-40-69(78)59-28-8-2-9-29-59)67-39-25-38-66(55-67)81(65-37-24-36-63(54-65)80(62-34-14-5-15-35-62)75-45-21-16-41-70(75)71-42-17-22-46-76(71)80)68-52-53-73-72-43-18-20-44-74(72)79(77(73)56-68,60-30-10-3-11-31-60)61-32-12-4-13-33-61/h1-56H. The average molecular weight is 1050 g/mol. The van der Waals surface area contributed by atoms with Gasteiger partial charge in [-0.1, -0.05) is 279 Å². The second-order valence-electron chi connectivity index (χ2n) is 21.5. The summed E-state index contributed by atoms with van der Waals surface area (Å²) in [6, 6.07) is 125. The molecule has 0 fully saturated rings. The lowest BCUT2D eigenvalue weighted by Crippen LogP contribution is -2.29. The maximum Gasteiger partial charge on any atom is 0.0714 e. The van der Waals surface area contributed by atoms with Crippen LogP contribution >= 0.6 is 0 Å². The van der Waals surface area contributed by atoms with Crippen molar-refractivity contribution in [3.05, 3.63) is 384 Å². The molecular formula is C80H56N2. The van der Waals surface area contributed by atoms with E-state index in [2.05, 4.69) is 350 Å². The number of hydrogen-bond acceptors (Lipinski definition) is 2. The van der Waals surface area contributed by atoms with E-state index in [0.29, 0.717) is 0 Å². The Morgan fingerprint density at radius 2 is 0.537 bits per heavy atom. The first kappa shape index (κ1) is 48.6. The Morgan fingerprint density at radius 3 is 1.07 bits per heavy atom. The molecule has 82 heavy (non-hydrogen) atoms. The van der Waals surface area contributed by atoms with Crippen LogP contribution in [-0.2, 0) is 10.8 Å². The zero-order chi connectivity index (χ0) is 54.5. The van der Waals surface area contributed by atoms with Crippen LogP contribution in [0.1, 0.15) is 44.5 Å². The Balaban J connectivity index is 0.987. The minimum absolute atomic E-state index is 0.599. The highest BCUT2D eigenvalue weighted by molar-refractivity contribution is 5.93. The van der Waals surface area contributed by atoms with E-state index in [-0.39, 0.29) is 0 Å². The maximum absolute atomic E-state index is 2.50. The van der Waals surface area contributed by atoms with Crippen molar-refractivity contribution in [1.29, 1.82) is 0 Å². The van der Waals surface area contributed by atoms with E-state index in [1.807, 2.05) is 0 Å². The topological polar surface area (TPSA) is 6.48 Å². The van der Waals surface area contributed by atoms with E-state index in [0.717, 1.165) is 45.3 Å². The highest BCUT2D eigenvalue weighted by atomic mass is 15.2. The van der Waals surface area contributed by atoms with Crippen LogP contribution in [0, 0.1) is 0 Å². The van der Waals surface area contributed by atoms with Crippen molar-refractivity contribution in [2.45, 2.75) is 10.8 Å². The van der Waals surface area contributed by atoms with Gasteiger partial charge in [-0.2, -0.15) is 0 Å². The van der Waals surface area contributed by atoms with Gasteiger partial charge in [-0.15, -0.1) is 0 Å². The summed E-state index contributed by atoms with van der Waals surface area (Å²) in [7, 11) is 0. The quantitative estimate of drug-likeness (QED) is 0.120. The predicted molar refractivity (Wildman–Crippen MR) is 341 cm³/mol. The van der Waals surface area contributed by atoms with E-state index < -0.39 is 10.8 Å². The lowest BCUT2D eigenvalue weighted by molar-refractivity contribution is 0.767. The van der Waals surface area contributed by atoms with Gasteiger partial charge in [0.1, 0.15) is 0 Å². The second-order valence-corrected chi connectivity index (χ2v) is 21.5. The van der Waals surface area contributed by atoms with Gasteiger partial charge in [0, 0.05) is 34.0 Å². The number of nitrogens with zero attached hydrogens (tertiary/aromatic N) is 2. The van der Waals surface area contributed by atoms with Crippen LogP contribution in [0.3, 0.4) is 0 Å². The smallest absolute Gasteiger partial charge is 0.0714 e. The molecule has 0 spiro atoms. The Bertz CT molecular complexity index is 4350. The largest absolute Gasteiger partial charge is 0.310 e. The van der Waals surface area contributed by atoms with Gasteiger partial charge in [-0.25, -0.2) is 0 Å². The molecule has 0 radical (unpaired) electrons. The molecule has 0 bridgehead atoms. The zero-order valence-corrected chi connectivity index (χ0v) is 45.2. The average Bonchev–Trinajstić information content (AvgIpc) is 3.67. The van der Waals surface area contributed by atoms with Crippen molar-refractivity contribution in [2.24, 2.45) is 0 Å². The fourth-order valence-electron chi connectivity index (χ4n) is 13.8. The number of rotatable bonds is 12. The van der Waals surface area contributed by atoms with E-state index in [4.69, 9.17) is 0 Å². The van der Waals surface area contributed by atoms with Gasteiger partial charge in [-0.3, -0.25) is 0 Å². The van der Waals surface area contributed by atoms with Crippen LogP contribution in [0.2, 0.25) is 0 Å². The molecule has 13 aromatic carbocycles. The Morgan fingerprint density at radius 1 is 0.183 bits per heavy atom. The molecule has 0 N–H and O–H groups in total. The number of benzene rings is 13. The molecule has 2 heteroatoms. The molecule has 0 amide bonds. The molecule has 386 valence electrons. The van der Waals surface area contributed by atoms with E-state index in [1.54, 1.807) is 0 Å². The molecule has 0 aromatic heterocycles. The molecule has 2 nitrogen and oxygen atoms in total. The summed E-state index contributed by atoms with van der Waals surface area (Å²) in [6.45, 7) is 0. The van der Waals surface area contributed by atoms with Gasteiger partial charge in [-0.05, 0) is 144 Å². The SMILES string of the molecule is c1ccc(-c2ccc(N(c3cccc(N(c4cccc(C5(c6ccccc6)c6ccccc6-c6ccccc65)c4)c4ccc5c(c4)C(c4ccccc4)(c4ccccc4)c4ccccc4-5)c3)c3ccccc3-c3ccccc3)cc2)cc1. The Kier molecular flexibility index (Phi) is 12.0. The summed E-state index contributed by atoms with van der Waals surface area (Å²) < 4.78 is 0. The molecule has 0 aliphatic heterocycles. The molecular weight excluding hydrogens is 989 g/mol. The van der Waals surface area contributed by atoms with Crippen LogP contribution < -0.4 is 9.80 Å². The van der Waals surface area contributed by atoms with Gasteiger partial charge in [0.25, 0.3) is 0 Å². The molecule has 0 unspecified atom stereocenters. The first-order valence-electron chi connectivity index (χ1n) is 28.4. The number of para-hydroxylation sites is 1. The Labute approximate surface area is 480 Å². The normalized spacial score (nSPS) is 13.1. The van der Waals surface area contributed by atoms with Crippen LogP contribution in [-0.4, -0.2) is 0 Å². The van der Waals surface area contributed by atoms with Gasteiger partial charge >= 0.3 is 0 Å². The number of hydrogen-bond donors (Lipinski definition) is 0. The summed E-state index contributed by atoms with van der Waals surface area (Å²) in [6.07, 6.45) is 0. The molecule has 13 aromatic rings. The first-order valence-corrected chi connectivity index (χ1v) is 28.4. The lowest BCUT2D eigenvalue weighted by Gasteiger charge is -2.36. The van der Waals surface area contributed by atoms with Gasteiger partial charge in [0.2, 0.25) is 0 Å².